The van der Waals surface area contributed by atoms with Crippen LogP contribution in [-0.2, 0) is 9.53 Å². The average Bonchev–Trinajstić information content (AvgIpc) is 2.49. The lowest BCUT2D eigenvalue weighted by Crippen LogP contribution is -2.41. The van der Waals surface area contributed by atoms with Gasteiger partial charge in [0.05, 0.1) is 19.3 Å². The molecule has 0 aromatic rings. The molecule has 5 nitrogen and oxygen atoms in total. The highest BCUT2D eigenvalue weighted by molar-refractivity contribution is 5.76. The van der Waals surface area contributed by atoms with E-state index in [0.29, 0.717) is 25.5 Å². The number of hydrogen-bond acceptors (Lipinski definition) is 4. The Bertz CT molecular complexity index is 266. The molecular weight excluding hydrogens is 256 g/mol. The zero-order valence-corrected chi connectivity index (χ0v) is 12.7. The van der Waals surface area contributed by atoms with Gasteiger partial charge in [-0.3, -0.25) is 4.79 Å². The number of carbonyl (C=O) groups is 1. The summed E-state index contributed by atoms with van der Waals surface area (Å²) in [6, 6.07) is 0. The highest BCUT2D eigenvalue weighted by Crippen LogP contribution is 2.18. The highest BCUT2D eigenvalue weighted by atomic mass is 16.5. The van der Waals surface area contributed by atoms with Crippen LogP contribution in [0.25, 0.3) is 0 Å². The Morgan fingerprint density at radius 3 is 2.65 bits per heavy atom. The largest absolute Gasteiger partial charge is 0.394 e. The molecule has 1 fully saturated rings. The van der Waals surface area contributed by atoms with E-state index in [4.69, 9.17) is 15.6 Å². The predicted molar refractivity (Wildman–Crippen MR) is 79.3 cm³/mol. The Morgan fingerprint density at radius 1 is 1.40 bits per heavy atom. The van der Waals surface area contributed by atoms with Crippen LogP contribution in [0.1, 0.15) is 45.4 Å². The topological polar surface area (TPSA) is 75.8 Å². The minimum atomic E-state index is 0.0681. The maximum atomic E-state index is 12.2. The first-order valence-electron chi connectivity index (χ1n) is 7.91. The van der Waals surface area contributed by atoms with E-state index in [1.807, 2.05) is 4.90 Å². The standard InChI is InChI=1S/C15H30N2O3/c1-2-13(5-8-16)3-4-15(19)17-9-6-14(7-10-17)20-12-11-18/h13-14,18H,2-12,16H2,1H3. The summed E-state index contributed by atoms with van der Waals surface area (Å²) < 4.78 is 5.51. The Hall–Kier alpha value is -0.650. The SMILES string of the molecule is CCC(CCN)CCC(=O)N1CCC(OCCO)CC1. The third-order valence-corrected chi connectivity index (χ3v) is 4.16. The summed E-state index contributed by atoms with van der Waals surface area (Å²) in [4.78, 5) is 14.1. The van der Waals surface area contributed by atoms with Crippen molar-refractivity contribution in [2.45, 2.75) is 51.6 Å². The van der Waals surface area contributed by atoms with Gasteiger partial charge in [0.1, 0.15) is 0 Å². The molecule has 0 aromatic heterocycles. The number of nitrogens with two attached hydrogens (primary N) is 1. The predicted octanol–water partition coefficient (Wildman–Crippen LogP) is 1.14. The Morgan fingerprint density at radius 2 is 2.10 bits per heavy atom. The van der Waals surface area contributed by atoms with Crippen LogP contribution in [0.2, 0.25) is 0 Å². The number of ether oxygens (including phenoxy) is 1. The molecule has 1 atom stereocenters. The molecule has 1 heterocycles. The zero-order valence-electron chi connectivity index (χ0n) is 12.7. The first-order valence-corrected chi connectivity index (χ1v) is 7.91. The van der Waals surface area contributed by atoms with Crippen LogP contribution in [0.4, 0.5) is 0 Å². The van der Waals surface area contributed by atoms with E-state index >= 15 is 0 Å². The summed E-state index contributed by atoms with van der Waals surface area (Å²) in [6.07, 6.45) is 5.67. The van der Waals surface area contributed by atoms with E-state index in [1.165, 1.54) is 0 Å². The summed E-state index contributed by atoms with van der Waals surface area (Å²) in [5.74, 6) is 0.843. The number of aliphatic hydroxyl groups excluding tert-OH is 1. The average molecular weight is 286 g/mol. The van der Waals surface area contributed by atoms with Crippen LogP contribution >= 0.6 is 0 Å². The number of likely N-dealkylation sites (tertiary alicyclic amines) is 1. The molecule has 0 aromatic carbocycles. The van der Waals surface area contributed by atoms with E-state index in [0.717, 1.165) is 45.2 Å². The van der Waals surface area contributed by atoms with E-state index in [2.05, 4.69) is 6.92 Å². The fourth-order valence-corrected chi connectivity index (χ4v) is 2.77. The van der Waals surface area contributed by atoms with Crippen molar-refractivity contribution in [3.8, 4) is 0 Å². The molecule has 1 saturated heterocycles. The van der Waals surface area contributed by atoms with Gasteiger partial charge in [-0.1, -0.05) is 13.3 Å². The number of piperidine rings is 1. The lowest BCUT2D eigenvalue weighted by Gasteiger charge is -2.32. The molecule has 1 unspecified atom stereocenters. The molecule has 0 bridgehead atoms. The molecule has 118 valence electrons. The normalized spacial score (nSPS) is 18.2. The number of hydrogen-bond donors (Lipinski definition) is 2. The van der Waals surface area contributed by atoms with Crippen LogP contribution in [-0.4, -0.2) is 54.9 Å². The van der Waals surface area contributed by atoms with Crippen molar-refractivity contribution in [3.63, 3.8) is 0 Å². The third-order valence-electron chi connectivity index (χ3n) is 4.16. The van der Waals surface area contributed by atoms with Gasteiger partial charge in [-0.2, -0.15) is 0 Å². The maximum absolute atomic E-state index is 12.2. The molecule has 0 radical (unpaired) electrons. The summed E-state index contributed by atoms with van der Waals surface area (Å²) >= 11 is 0. The highest BCUT2D eigenvalue weighted by Gasteiger charge is 2.23. The van der Waals surface area contributed by atoms with Crippen molar-refractivity contribution in [2.24, 2.45) is 11.7 Å². The van der Waals surface area contributed by atoms with Crippen molar-refractivity contribution in [1.29, 1.82) is 0 Å². The summed E-state index contributed by atoms with van der Waals surface area (Å²) in [5, 5.41) is 8.73. The summed E-state index contributed by atoms with van der Waals surface area (Å²) in [7, 11) is 0. The van der Waals surface area contributed by atoms with E-state index in [9.17, 15) is 4.79 Å². The van der Waals surface area contributed by atoms with Crippen LogP contribution in [0.5, 0.6) is 0 Å². The number of aliphatic hydroxyl groups is 1. The molecule has 0 aliphatic carbocycles. The van der Waals surface area contributed by atoms with Gasteiger partial charge in [-0.05, 0) is 38.1 Å². The zero-order chi connectivity index (χ0) is 14.8. The Labute approximate surface area is 122 Å². The molecular formula is C15H30N2O3. The molecule has 5 heteroatoms. The second-order valence-corrected chi connectivity index (χ2v) is 5.56. The van der Waals surface area contributed by atoms with Gasteiger partial charge >= 0.3 is 0 Å². The van der Waals surface area contributed by atoms with E-state index in [-0.39, 0.29) is 18.6 Å². The third kappa shape index (κ3) is 6.20. The summed E-state index contributed by atoms with van der Waals surface area (Å²) in [5.41, 5.74) is 5.58. The molecule has 3 N–H and O–H groups in total. The van der Waals surface area contributed by atoms with E-state index < -0.39 is 0 Å². The number of carbonyl (C=O) groups excluding carboxylic acids is 1. The molecule has 0 saturated carbocycles. The smallest absolute Gasteiger partial charge is 0.222 e. The molecule has 20 heavy (non-hydrogen) atoms. The first kappa shape index (κ1) is 17.4. The Kier molecular flexibility index (Phi) is 8.82. The van der Waals surface area contributed by atoms with Gasteiger partial charge in [-0.25, -0.2) is 0 Å². The lowest BCUT2D eigenvalue weighted by molar-refractivity contribution is -0.134. The van der Waals surface area contributed by atoms with Crippen LogP contribution < -0.4 is 5.73 Å². The minimum absolute atomic E-state index is 0.0681. The van der Waals surface area contributed by atoms with Crippen LogP contribution in [0.15, 0.2) is 0 Å². The van der Waals surface area contributed by atoms with Gasteiger partial charge in [0, 0.05) is 19.5 Å². The van der Waals surface area contributed by atoms with Crippen LogP contribution in [0.3, 0.4) is 0 Å². The lowest BCUT2D eigenvalue weighted by atomic mass is 9.96. The fourth-order valence-electron chi connectivity index (χ4n) is 2.77. The molecule has 1 rings (SSSR count). The van der Waals surface area contributed by atoms with E-state index in [1.54, 1.807) is 0 Å². The van der Waals surface area contributed by atoms with Crippen LogP contribution in [0, 0.1) is 5.92 Å². The fraction of sp³-hybridized carbons (Fsp3) is 0.933. The van der Waals surface area contributed by atoms with Crippen molar-refractivity contribution in [2.75, 3.05) is 32.8 Å². The number of nitrogens with zero attached hydrogens (tertiary/aromatic N) is 1. The van der Waals surface area contributed by atoms with Gasteiger partial charge in [0.25, 0.3) is 0 Å². The number of rotatable bonds is 9. The van der Waals surface area contributed by atoms with Crippen molar-refractivity contribution >= 4 is 5.91 Å². The molecule has 1 aliphatic rings. The van der Waals surface area contributed by atoms with Gasteiger partial charge in [0.2, 0.25) is 5.91 Å². The Balaban J connectivity index is 2.21. The molecule has 1 aliphatic heterocycles. The first-order chi connectivity index (χ1) is 9.71. The second-order valence-electron chi connectivity index (χ2n) is 5.56. The summed E-state index contributed by atoms with van der Waals surface area (Å²) in [6.45, 7) is 4.90. The van der Waals surface area contributed by atoms with Gasteiger partial charge in [-0.15, -0.1) is 0 Å². The molecule has 0 spiro atoms. The maximum Gasteiger partial charge on any atom is 0.222 e. The monoisotopic (exact) mass is 286 g/mol. The van der Waals surface area contributed by atoms with Crippen molar-refractivity contribution < 1.29 is 14.6 Å². The van der Waals surface area contributed by atoms with Crippen molar-refractivity contribution in [3.05, 3.63) is 0 Å². The number of amides is 1. The van der Waals surface area contributed by atoms with Crippen molar-refractivity contribution in [1.82, 2.24) is 4.90 Å². The minimum Gasteiger partial charge on any atom is -0.394 e. The van der Waals surface area contributed by atoms with Gasteiger partial charge < -0.3 is 20.5 Å². The second kappa shape index (κ2) is 10.1. The molecule has 1 amide bonds. The van der Waals surface area contributed by atoms with Gasteiger partial charge in [0.15, 0.2) is 0 Å². The quantitative estimate of drug-likeness (QED) is 0.666.